The third kappa shape index (κ3) is 3.64. The van der Waals surface area contributed by atoms with Crippen LogP contribution in [0.15, 0.2) is 51.7 Å². The predicted molar refractivity (Wildman–Crippen MR) is 99.6 cm³/mol. The Kier molecular flexibility index (Phi) is 4.89. The van der Waals surface area contributed by atoms with Gasteiger partial charge in [0.15, 0.2) is 5.43 Å². The zero-order chi connectivity index (χ0) is 20.7. The lowest BCUT2D eigenvalue weighted by molar-refractivity contribution is -0.242. The van der Waals surface area contributed by atoms with E-state index in [1.54, 1.807) is 12.1 Å². The Morgan fingerprint density at radius 3 is 2.41 bits per heavy atom. The summed E-state index contributed by atoms with van der Waals surface area (Å²) in [4.78, 5) is 12.5. The summed E-state index contributed by atoms with van der Waals surface area (Å²) in [7, 11) is 0. The average molecular weight is 402 g/mol. The predicted octanol–water partition coefficient (Wildman–Crippen LogP) is 0.689. The number of ether oxygens (including phenoxy) is 2. The van der Waals surface area contributed by atoms with Crippen LogP contribution in [0, 0.1) is 0 Å². The van der Waals surface area contributed by atoms with Crippen molar-refractivity contribution in [2.45, 2.75) is 24.6 Å². The van der Waals surface area contributed by atoms with Gasteiger partial charge in [-0.2, -0.15) is 0 Å². The Balaban J connectivity index is 1.71. The van der Waals surface area contributed by atoms with E-state index in [0.717, 1.165) is 6.07 Å². The first kappa shape index (κ1) is 19.2. The topological polar surface area (TPSA) is 150 Å². The molecule has 1 aliphatic rings. The monoisotopic (exact) mass is 402 g/mol. The van der Waals surface area contributed by atoms with Gasteiger partial charge < -0.3 is 39.4 Å². The van der Waals surface area contributed by atoms with Gasteiger partial charge in [0.1, 0.15) is 52.3 Å². The second kappa shape index (κ2) is 7.37. The van der Waals surface area contributed by atoms with Crippen LogP contribution in [0.5, 0.6) is 17.2 Å². The van der Waals surface area contributed by atoms with Crippen molar-refractivity contribution in [1.82, 2.24) is 0 Å². The molecule has 1 saturated heterocycles. The first-order chi connectivity index (χ1) is 13.8. The van der Waals surface area contributed by atoms with E-state index in [1.165, 1.54) is 24.3 Å². The molecule has 9 heteroatoms. The molecule has 0 saturated carbocycles. The molecule has 0 bridgehead atoms. The van der Waals surface area contributed by atoms with E-state index in [-0.39, 0.29) is 34.8 Å². The van der Waals surface area contributed by atoms with E-state index in [0.29, 0.717) is 5.56 Å². The highest BCUT2D eigenvalue weighted by Crippen LogP contribution is 2.32. The molecule has 1 aliphatic heterocycles. The van der Waals surface area contributed by atoms with Gasteiger partial charge >= 0.3 is 0 Å². The summed E-state index contributed by atoms with van der Waals surface area (Å²) in [5.41, 5.74) is 0.0862. The van der Waals surface area contributed by atoms with Crippen molar-refractivity contribution in [3.63, 3.8) is 0 Å². The summed E-state index contributed by atoms with van der Waals surface area (Å²) in [5, 5.41) is 48.9. The summed E-state index contributed by atoms with van der Waals surface area (Å²) in [6.45, 7) is -0.247. The first-order valence-electron chi connectivity index (χ1n) is 8.76. The van der Waals surface area contributed by atoms with Crippen molar-refractivity contribution >= 4 is 11.0 Å². The molecule has 1 fully saturated rings. The highest BCUT2D eigenvalue weighted by molar-refractivity contribution is 5.86. The Morgan fingerprint density at radius 1 is 0.966 bits per heavy atom. The number of fused-ring (bicyclic) bond motifs is 1. The number of rotatable bonds is 3. The molecule has 0 aliphatic carbocycles. The van der Waals surface area contributed by atoms with Gasteiger partial charge in [-0.3, -0.25) is 4.79 Å². The third-order valence-electron chi connectivity index (χ3n) is 4.64. The molecule has 3 aromatic rings. The molecule has 2 heterocycles. The number of aromatic hydroxyl groups is 2. The fourth-order valence-corrected chi connectivity index (χ4v) is 3.10. The van der Waals surface area contributed by atoms with Crippen LogP contribution in [-0.2, 0) is 4.74 Å². The molecule has 152 valence electrons. The molecule has 9 nitrogen and oxygen atoms in total. The van der Waals surface area contributed by atoms with Gasteiger partial charge in [0.25, 0.3) is 0 Å². The van der Waals surface area contributed by atoms with Gasteiger partial charge in [-0.1, -0.05) is 0 Å². The minimum Gasteiger partial charge on any atom is -0.508 e. The highest BCUT2D eigenvalue weighted by Gasteiger charge is 2.39. The lowest BCUT2D eigenvalue weighted by Gasteiger charge is -2.34. The first-order valence-corrected chi connectivity index (χ1v) is 8.76. The summed E-state index contributed by atoms with van der Waals surface area (Å²) in [5.74, 6) is -0.0989. The summed E-state index contributed by atoms with van der Waals surface area (Å²) >= 11 is 0. The second-order valence-electron chi connectivity index (χ2n) is 6.71. The Bertz CT molecular complexity index is 1090. The highest BCUT2D eigenvalue weighted by atomic mass is 16.7. The van der Waals surface area contributed by atoms with E-state index in [9.17, 15) is 30.3 Å². The second-order valence-corrected chi connectivity index (χ2v) is 6.71. The van der Waals surface area contributed by atoms with Crippen LogP contribution >= 0.6 is 0 Å². The Morgan fingerprint density at radius 2 is 1.69 bits per heavy atom. The number of phenolic OH excluding ortho intramolecular Hbond substituents is 2. The lowest BCUT2D eigenvalue weighted by Crippen LogP contribution is -2.54. The molecule has 29 heavy (non-hydrogen) atoms. The molecule has 1 aromatic heterocycles. The molecule has 4 rings (SSSR count). The van der Waals surface area contributed by atoms with Crippen LogP contribution in [0.1, 0.15) is 0 Å². The summed E-state index contributed by atoms with van der Waals surface area (Å²) in [6, 6.07) is 9.74. The number of aliphatic hydroxyl groups is 3. The van der Waals surface area contributed by atoms with Gasteiger partial charge in [0.05, 0.1) is 6.61 Å². The Hall–Kier alpha value is -3.11. The lowest BCUT2D eigenvalue weighted by atomic mass is 10.1. The van der Waals surface area contributed by atoms with Crippen molar-refractivity contribution in [1.29, 1.82) is 0 Å². The van der Waals surface area contributed by atoms with Crippen LogP contribution in [0.2, 0.25) is 0 Å². The van der Waals surface area contributed by atoms with Crippen LogP contribution in [0.25, 0.3) is 22.3 Å². The smallest absolute Gasteiger partial charge is 0.228 e. The SMILES string of the molecule is O=c1cc(-c2ccc(O)cc2)oc2cc(O[C@@H]3OC[C@@H](O)[C@H](O)C3O)cc(O)c12. The molecule has 0 spiro atoms. The average Bonchev–Trinajstić information content (AvgIpc) is 2.68. The normalized spacial score (nSPS) is 24.5. The van der Waals surface area contributed by atoms with Gasteiger partial charge in [0, 0.05) is 23.8 Å². The number of phenols is 2. The molecule has 1 unspecified atom stereocenters. The van der Waals surface area contributed by atoms with Crippen LogP contribution in [0.3, 0.4) is 0 Å². The van der Waals surface area contributed by atoms with Crippen molar-refractivity contribution in [3.8, 4) is 28.6 Å². The summed E-state index contributed by atoms with van der Waals surface area (Å²) in [6.07, 6.45) is -5.52. The van der Waals surface area contributed by atoms with E-state index in [2.05, 4.69) is 0 Å². The maximum atomic E-state index is 12.5. The third-order valence-corrected chi connectivity index (χ3v) is 4.64. The minimum absolute atomic E-state index is 0.0219. The zero-order valence-corrected chi connectivity index (χ0v) is 14.9. The summed E-state index contributed by atoms with van der Waals surface area (Å²) < 4.78 is 16.4. The maximum absolute atomic E-state index is 12.5. The van der Waals surface area contributed by atoms with Gasteiger partial charge in [0.2, 0.25) is 6.29 Å². The fourth-order valence-electron chi connectivity index (χ4n) is 3.10. The molecule has 2 aromatic carbocycles. The number of hydrogen-bond donors (Lipinski definition) is 5. The quantitative estimate of drug-likeness (QED) is 0.426. The molecular formula is C20H18O9. The number of hydrogen-bond acceptors (Lipinski definition) is 9. The van der Waals surface area contributed by atoms with Crippen molar-refractivity contribution in [3.05, 3.63) is 52.7 Å². The van der Waals surface area contributed by atoms with E-state index >= 15 is 0 Å². The van der Waals surface area contributed by atoms with Gasteiger partial charge in [-0.15, -0.1) is 0 Å². The van der Waals surface area contributed by atoms with Crippen molar-refractivity contribution in [2.24, 2.45) is 0 Å². The Labute approximate surface area is 163 Å². The minimum atomic E-state index is -1.52. The van der Waals surface area contributed by atoms with E-state index in [1.807, 2.05) is 0 Å². The standard InChI is InChI=1S/C20H18O9/c21-10-3-1-9(2-4-10)15-7-13(23)17-12(22)5-11(6-16(17)29-15)28-20-19(26)18(25)14(24)8-27-20/h1-7,14,18-22,24-26H,8H2/t14-,18+,19?,20+/m1/s1. The molecule has 0 amide bonds. The fraction of sp³-hybridized carbons (Fsp3) is 0.250. The number of aliphatic hydroxyl groups excluding tert-OH is 3. The van der Waals surface area contributed by atoms with Gasteiger partial charge in [-0.25, -0.2) is 0 Å². The molecular weight excluding hydrogens is 384 g/mol. The van der Waals surface area contributed by atoms with Crippen LogP contribution < -0.4 is 10.2 Å². The van der Waals surface area contributed by atoms with E-state index in [4.69, 9.17) is 13.9 Å². The maximum Gasteiger partial charge on any atom is 0.228 e. The van der Waals surface area contributed by atoms with Crippen LogP contribution in [0.4, 0.5) is 0 Å². The largest absolute Gasteiger partial charge is 0.508 e. The van der Waals surface area contributed by atoms with E-state index < -0.39 is 35.8 Å². The van der Waals surface area contributed by atoms with Gasteiger partial charge in [-0.05, 0) is 24.3 Å². The number of benzene rings is 2. The van der Waals surface area contributed by atoms with Crippen LogP contribution in [-0.4, -0.2) is 56.7 Å². The van der Waals surface area contributed by atoms with Crippen molar-refractivity contribution < 1.29 is 39.4 Å². The molecule has 0 radical (unpaired) electrons. The molecule has 4 atom stereocenters. The van der Waals surface area contributed by atoms with Crippen molar-refractivity contribution in [2.75, 3.05) is 6.61 Å². The zero-order valence-electron chi connectivity index (χ0n) is 14.9. The molecule has 5 N–H and O–H groups in total.